The summed E-state index contributed by atoms with van der Waals surface area (Å²) in [6.45, 7) is 8.88. The molecule has 0 aliphatic rings. The number of carbonyl (C=O) groups excluding carboxylic acids is 1. The summed E-state index contributed by atoms with van der Waals surface area (Å²) in [4.78, 5) is 10.4. The second-order valence-corrected chi connectivity index (χ2v) is 6.13. The van der Waals surface area contributed by atoms with Gasteiger partial charge in [-0.3, -0.25) is 0 Å². The third kappa shape index (κ3) is 3.30. The van der Waals surface area contributed by atoms with E-state index in [9.17, 15) is 4.79 Å². The highest BCUT2D eigenvalue weighted by molar-refractivity contribution is 5.97. The van der Waals surface area contributed by atoms with Gasteiger partial charge < -0.3 is 4.79 Å². The molecule has 2 aromatic carbocycles. The Balaban J connectivity index is 2.41. The van der Waals surface area contributed by atoms with Gasteiger partial charge in [-0.05, 0) is 85.6 Å². The van der Waals surface area contributed by atoms with Crippen LogP contribution in [0.15, 0.2) is 30.3 Å². The summed E-state index contributed by atoms with van der Waals surface area (Å²) in [7, 11) is 0. The minimum absolute atomic E-state index is 0.679. The molecule has 116 valence electrons. The summed E-state index contributed by atoms with van der Waals surface area (Å²) in [6, 6.07) is 8.69. The van der Waals surface area contributed by atoms with Crippen LogP contribution in [0.1, 0.15) is 54.9 Å². The molecule has 0 N–H and O–H groups in total. The molecule has 0 aliphatic heterocycles. The molecule has 0 fully saturated rings. The second kappa shape index (κ2) is 7.40. The fourth-order valence-electron chi connectivity index (χ4n) is 3.20. The molecule has 0 amide bonds. The molecule has 2 rings (SSSR count). The lowest BCUT2D eigenvalue weighted by molar-refractivity contribution is -0.107. The summed E-state index contributed by atoms with van der Waals surface area (Å²) in [6.07, 6.45) is 7.13. The first-order valence-electron chi connectivity index (χ1n) is 8.17. The van der Waals surface area contributed by atoms with Crippen molar-refractivity contribution in [2.75, 3.05) is 0 Å². The SMILES string of the molecule is C/C(=C\CCCCC=O)c1c(C)c(C)c(C)c2ccccc12. The molecule has 0 aliphatic carbocycles. The lowest BCUT2D eigenvalue weighted by Crippen LogP contribution is -1.96. The summed E-state index contributed by atoms with van der Waals surface area (Å²) in [5.41, 5.74) is 6.90. The van der Waals surface area contributed by atoms with Crippen molar-refractivity contribution in [2.45, 2.75) is 53.4 Å². The smallest absolute Gasteiger partial charge is 0.119 e. The van der Waals surface area contributed by atoms with E-state index in [4.69, 9.17) is 0 Å². The Kier molecular flexibility index (Phi) is 5.54. The number of fused-ring (bicyclic) bond motifs is 1. The van der Waals surface area contributed by atoms with E-state index in [0.717, 1.165) is 25.5 Å². The zero-order chi connectivity index (χ0) is 16.1. The van der Waals surface area contributed by atoms with Crippen LogP contribution in [0.25, 0.3) is 16.3 Å². The van der Waals surface area contributed by atoms with Gasteiger partial charge >= 0.3 is 0 Å². The van der Waals surface area contributed by atoms with Crippen LogP contribution in [0.2, 0.25) is 0 Å². The number of benzene rings is 2. The van der Waals surface area contributed by atoms with Crippen molar-refractivity contribution in [1.82, 2.24) is 0 Å². The van der Waals surface area contributed by atoms with E-state index < -0.39 is 0 Å². The number of allylic oxidation sites excluding steroid dienone is 2. The fraction of sp³-hybridized carbons (Fsp3) is 0.381. The van der Waals surface area contributed by atoms with Crippen molar-refractivity contribution in [3.05, 3.63) is 52.6 Å². The average molecular weight is 294 g/mol. The van der Waals surface area contributed by atoms with E-state index in [2.05, 4.69) is 58.0 Å². The lowest BCUT2D eigenvalue weighted by atomic mass is 9.87. The van der Waals surface area contributed by atoms with Gasteiger partial charge in [-0.15, -0.1) is 0 Å². The predicted octanol–water partition coefficient (Wildman–Crippen LogP) is 5.93. The van der Waals surface area contributed by atoms with Crippen LogP contribution in [0, 0.1) is 20.8 Å². The average Bonchev–Trinajstić information content (AvgIpc) is 2.53. The van der Waals surface area contributed by atoms with Gasteiger partial charge in [0.05, 0.1) is 0 Å². The van der Waals surface area contributed by atoms with Crippen molar-refractivity contribution in [3.63, 3.8) is 0 Å². The van der Waals surface area contributed by atoms with Crippen molar-refractivity contribution < 1.29 is 4.79 Å². The van der Waals surface area contributed by atoms with Gasteiger partial charge in [0.15, 0.2) is 0 Å². The van der Waals surface area contributed by atoms with Crippen molar-refractivity contribution >= 4 is 22.6 Å². The van der Waals surface area contributed by atoms with Gasteiger partial charge in [0.25, 0.3) is 0 Å². The first-order valence-corrected chi connectivity index (χ1v) is 8.17. The lowest BCUT2D eigenvalue weighted by Gasteiger charge is -2.17. The molecule has 0 saturated heterocycles. The number of aryl methyl sites for hydroxylation is 1. The normalized spacial score (nSPS) is 11.9. The number of carbonyl (C=O) groups is 1. The maximum absolute atomic E-state index is 10.4. The number of rotatable bonds is 6. The summed E-state index contributed by atoms with van der Waals surface area (Å²) in [5, 5.41) is 2.71. The molecule has 0 heterocycles. The van der Waals surface area contributed by atoms with E-state index in [0.29, 0.717) is 6.42 Å². The highest BCUT2D eigenvalue weighted by Crippen LogP contribution is 2.33. The third-order valence-electron chi connectivity index (χ3n) is 4.72. The van der Waals surface area contributed by atoms with Gasteiger partial charge in [-0.1, -0.05) is 30.3 Å². The Bertz CT molecular complexity index is 707. The van der Waals surface area contributed by atoms with Crippen molar-refractivity contribution in [3.8, 4) is 0 Å². The van der Waals surface area contributed by atoms with Crippen molar-refractivity contribution in [2.24, 2.45) is 0 Å². The van der Waals surface area contributed by atoms with Gasteiger partial charge in [-0.2, -0.15) is 0 Å². The zero-order valence-electron chi connectivity index (χ0n) is 14.2. The maximum Gasteiger partial charge on any atom is 0.119 e. The predicted molar refractivity (Wildman–Crippen MR) is 96.3 cm³/mol. The van der Waals surface area contributed by atoms with Crippen LogP contribution >= 0.6 is 0 Å². The largest absolute Gasteiger partial charge is 0.303 e. The van der Waals surface area contributed by atoms with Gasteiger partial charge in [0.2, 0.25) is 0 Å². The first kappa shape index (κ1) is 16.5. The monoisotopic (exact) mass is 294 g/mol. The minimum atomic E-state index is 0.679. The number of aldehydes is 1. The van der Waals surface area contributed by atoms with Crippen LogP contribution in [-0.2, 0) is 4.79 Å². The van der Waals surface area contributed by atoms with Gasteiger partial charge in [-0.25, -0.2) is 0 Å². The molecule has 0 aromatic heterocycles. The van der Waals surface area contributed by atoms with Crippen LogP contribution in [0.5, 0.6) is 0 Å². The number of hydrogen-bond acceptors (Lipinski definition) is 1. The topological polar surface area (TPSA) is 17.1 Å². The fourth-order valence-corrected chi connectivity index (χ4v) is 3.20. The first-order chi connectivity index (χ1) is 10.6. The minimum Gasteiger partial charge on any atom is -0.303 e. The van der Waals surface area contributed by atoms with Gasteiger partial charge in [0.1, 0.15) is 6.29 Å². The van der Waals surface area contributed by atoms with E-state index in [-0.39, 0.29) is 0 Å². The van der Waals surface area contributed by atoms with E-state index in [1.165, 1.54) is 38.6 Å². The van der Waals surface area contributed by atoms with Crippen LogP contribution < -0.4 is 0 Å². The van der Waals surface area contributed by atoms with E-state index >= 15 is 0 Å². The van der Waals surface area contributed by atoms with Crippen molar-refractivity contribution in [1.29, 1.82) is 0 Å². The molecule has 2 aromatic rings. The van der Waals surface area contributed by atoms with Crippen LogP contribution in [-0.4, -0.2) is 6.29 Å². The Labute approximate surface area is 134 Å². The summed E-state index contributed by atoms with van der Waals surface area (Å²) < 4.78 is 0. The quantitative estimate of drug-likeness (QED) is 0.477. The van der Waals surface area contributed by atoms with E-state index in [1.807, 2.05) is 0 Å². The Morgan fingerprint density at radius 3 is 2.23 bits per heavy atom. The van der Waals surface area contributed by atoms with Crippen LogP contribution in [0.4, 0.5) is 0 Å². The zero-order valence-corrected chi connectivity index (χ0v) is 14.2. The molecule has 0 bridgehead atoms. The summed E-state index contributed by atoms with van der Waals surface area (Å²) in [5.74, 6) is 0. The molecule has 1 nitrogen and oxygen atoms in total. The van der Waals surface area contributed by atoms with Crippen LogP contribution in [0.3, 0.4) is 0 Å². The Morgan fingerprint density at radius 1 is 0.909 bits per heavy atom. The molecule has 0 unspecified atom stereocenters. The molecule has 22 heavy (non-hydrogen) atoms. The second-order valence-electron chi connectivity index (χ2n) is 6.13. The summed E-state index contributed by atoms with van der Waals surface area (Å²) >= 11 is 0. The molecule has 0 atom stereocenters. The Morgan fingerprint density at radius 2 is 1.55 bits per heavy atom. The standard InChI is InChI=1S/C21H26O/c1-15(11-7-5-6-10-14-22)21-18(4)16(2)17(3)19-12-8-9-13-20(19)21/h8-9,11-14H,5-7,10H2,1-4H3/b15-11+. The van der Waals surface area contributed by atoms with E-state index in [1.54, 1.807) is 0 Å². The molecular formula is C21H26O. The molecule has 0 saturated carbocycles. The number of unbranched alkanes of at least 4 members (excludes halogenated alkanes) is 3. The highest BCUT2D eigenvalue weighted by atomic mass is 16.1. The maximum atomic E-state index is 10.4. The Hall–Kier alpha value is -1.89. The number of hydrogen-bond donors (Lipinski definition) is 0. The molecule has 0 spiro atoms. The third-order valence-corrected chi connectivity index (χ3v) is 4.72. The van der Waals surface area contributed by atoms with Gasteiger partial charge in [0, 0.05) is 6.42 Å². The molecular weight excluding hydrogens is 268 g/mol. The molecule has 0 radical (unpaired) electrons. The highest BCUT2D eigenvalue weighted by Gasteiger charge is 2.12. The molecule has 1 heteroatoms.